The Morgan fingerprint density at radius 3 is 2.64 bits per heavy atom. The number of amides is 1. The molecule has 4 nitrogen and oxygen atoms in total. The first-order valence-electron chi connectivity index (χ1n) is 9.45. The molecule has 3 N–H and O–H groups in total. The summed E-state index contributed by atoms with van der Waals surface area (Å²) >= 11 is 0. The molecule has 140 valence electrons. The van der Waals surface area contributed by atoms with Gasteiger partial charge in [-0.15, -0.1) is 0 Å². The van der Waals surface area contributed by atoms with E-state index in [0.29, 0.717) is 42.6 Å². The van der Waals surface area contributed by atoms with Crippen molar-refractivity contribution in [3.63, 3.8) is 0 Å². The van der Waals surface area contributed by atoms with E-state index in [9.17, 15) is 15.0 Å². The quantitative estimate of drug-likeness (QED) is 0.674. The molecule has 25 heavy (non-hydrogen) atoms. The van der Waals surface area contributed by atoms with Gasteiger partial charge in [-0.3, -0.25) is 4.79 Å². The first kappa shape index (κ1) is 19.6. The van der Waals surface area contributed by atoms with Crippen molar-refractivity contribution in [3.8, 4) is 11.5 Å². The smallest absolute Gasteiger partial charge is 0.220 e. The van der Waals surface area contributed by atoms with E-state index in [1.165, 1.54) is 18.9 Å². The molecule has 0 aromatic heterocycles. The minimum atomic E-state index is -0.118. The third-order valence-corrected chi connectivity index (χ3v) is 5.65. The van der Waals surface area contributed by atoms with Crippen LogP contribution < -0.4 is 5.32 Å². The number of nitrogens with one attached hydrogen (secondary N) is 1. The summed E-state index contributed by atoms with van der Waals surface area (Å²) in [6.45, 7) is 9.71. The maximum Gasteiger partial charge on any atom is 0.220 e. The molecule has 1 fully saturated rings. The van der Waals surface area contributed by atoms with E-state index in [-0.39, 0.29) is 17.4 Å². The molecule has 1 aliphatic rings. The lowest BCUT2D eigenvalue weighted by molar-refractivity contribution is -0.123. The number of rotatable bonds is 6. The second-order valence-electron chi connectivity index (χ2n) is 8.70. The topological polar surface area (TPSA) is 69.6 Å². The van der Waals surface area contributed by atoms with Gasteiger partial charge >= 0.3 is 0 Å². The highest BCUT2D eigenvalue weighted by molar-refractivity contribution is 5.76. The average molecular weight is 347 g/mol. The maximum atomic E-state index is 12.4. The number of phenolic OH excluding ortho intramolecular Hbond substituents is 2. The summed E-state index contributed by atoms with van der Waals surface area (Å²) in [5, 5.41) is 21.9. The van der Waals surface area contributed by atoms with Crippen LogP contribution in [-0.2, 0) is 11.2 Å². The Bertz CT molecular complexity index is 595. The van der Waals surface area contributed by atoms with Crippen LogP contribution in [0.2, 0.25) is 0 Å². The molecular formula is C21H33NO3. The SMILES string of the molecule is CC(C)C1CCC(C)(C)CC1CC(=O)NCCc1ccc(O)c(O)c1. The van der Waals surface area contributed by atoms with Crippen molar-refractivity contribution in [2.45, 2.75) is 59.8 Å². The minimum absolute atomic E-state index is 0.118. The third-order valence-electron chi connectivity index (χ3n) is 5.65. The number of phenols is 2. The van der Waals surface area contributed by atoms with E-state index in [1.54, 1.807) is 12.1 Å². The molecule has 0 aliphatic heterocycles. The molecule has 0 heterocycles. The molecule has 1 aromatic carbocycles. The van der Waals surface area contributed by atoms with Gasteiger partial charge < -0.3 is 15.5 Å². The summed E-state index contributed by atoms with van der Waals surface area (Å²) in [6.07, 6.45) is 4.83. The zero-order chi connectivity index (χ0) is 18.6. The molecule has 2 rings (SSSR count). The number of benzene rings is 1. The summed E-state index contributed by atoms with van der Waals surface area (Å²) in [5.41, 5.74) is 1.23. The van der Waals surface area contributed by atoms with Crippen LogP contribution in [0.25, 0.3) is 0 Å². The van der Waals surface area contributed by atoms with E-state index < -0.39 is 0 Å². The van der Waals surface area contributed by atoms with Gasteiger partial charge in [-0.2, -0.15) is 0 Å². The molecule has 4 heteroatoms. The molecule has 2 unspecified atom stereocenters. The molecule has 1 aliphatic carbocycles. The third kappa shape index (κ3) is 5.65. The summed E-state index contributed by atoms with van der Waals surface area (Å²) < 4.78 is 0. The summed E-state index contributed by atoms with van der Waals surface area (Å²) in [7, 11) is 0. The van der Waals surface area contributed by atoms with Gasteiger partial charge in [0.05, 0.1) is 0 Å². The van der Waals surface area contributed by atoms with Crippen LogP contribution >= 0.6 is 0 Å². The number of carbonyl (C=O) groups is 1. The van der Waals surface area contributed by atoms with Crippen molar-refractivity contribution in [3.05, 3.63) is 23.8 Å². The van der Waals surface area contributed by atoms with Crippen LogP contribution in [0.15, 0.2) is 18.2 Å². The number of aromatic hydroxyl groups is 2. The maximum absolute atomic E-state index is 12.4. The highest BCUT2D eigenvalue weighted by Gasteiger charge is 2.36. The van der Waals surface area contributed by atoms with Crippen molar-refractivity contribution in [1.29, 1.82) is 0 Å². The van der Waals surface area contributed by atoms with E-state index in [0.717, 1.165) is 12.0 Å². The molecular weight excluding hydrogens is 314 g/mol. The lowest BCUT2D eigenvalue weighted by Crippen LogP contribution is -2.36. The van der Waals surface area contributed by atoms with Gasteiger partial charge in [-0.25, -0.2) is 0 Å². The molecule has 1 aromatic rings. The van der Waals surface area contributed by atoms with Crippen LogP contribution in [0, 0.1) is 23.2 Å². The highest BCUT2D eigenvalue weighted by atomic mass is 16.3. The fourth-order valence-corrected chi connectivity index (χ4v) is 4.24. The van der Waals surface area contributed by atoms with Crippen molar-refractivity contribution in [2.24, 2.45) is 23.2 Å². The highest BCUT2D eigenvalue weighted by Crippen LogP contribution is 2.45. The van der Waals surface area contributed by atoms with Gasteiger partial charge in [-0.1, -0.05) is 33.8 Å². The summed E-state index contributed by atoms with van der Waals surface area (Å²) in [5.74, 6) is 1.60. The van der Waals surface area contributed by atoms with Crippen LogP contribution in [0.4, 0.5) is 0 Å². The molecule has 1 saturated carbocycles. The van der Waals surface area contributed by atoms with E-state index in [1.807, 2.05) is 0 Å². The van der Waals surface area contributed by atoms with Gasteiger partial charge in [0.25, 0.3) is 0 Å². The van der Waals surface area contributed by atoms with Crippen LogP contribution in [0.5, 0.6) is 11.5 Å². The van der Waals surface area contributed by atoms with Gasteiger partial charge in [0.2, 0.25) is 5.91 Å². The van der Waals surface area contributed by atoms with Crippen molar-refractivity contribution in [2.75, 3.05) is 6.54 Å². The average Bonchev–Trinajstić information content (AvgIpc) is 2.49. The predicted molar refractivity (Wildman–Crippen MR) is 101 cm³/mol. The molecule has 1 amide bonds. The van der Waals surface area contributed by atoms with E-state index in [4.69, 9.17) is 0 Å². The van der Waals surface area contributed by atoms with Crippen LogP contribution in [0.1, 0.15) is 58.9 Å². The second kappa shape index (κ2) is 8.11. The van der Waals surface area contributed by atoms with Crippen molar-refractivity contribution in [1.82, 2.24) is 5.32 Å². The first-order chi connectivity index (χ1) is 11.7. The first-order valence-corrected chi connectivity index (χ1v) is 9.45. The normalized spacial score (nSPS) is 22.8. The van der Waals surface area contributed by atoms with Gasteiger partial charge in [-0.05, 0) is 66.5 Å². The van der Waals surface area contributed by atoms with Crippen molar-refractivity contribution >= 4 is 5.91 Å². The lowest BCUT2D eigenvalue weighted by Gasteiger charge is -2.42. The van der Waals surface area contributed by atoms with E-state index in [2.05, 4.69) is 33.0 Å². The predicted octanol–water partition coefficient (Wildman–Crippen LogP) is 4.25. The molecule has 2 atom stereocenters. The zero-order valence-corrected chi connectivity index (χ0v) is 16.0. The Hall–Kier alpha value is -1.71. The summed E-state index contributed by atoms with van der Waals surface area (Å²) in [6, 6.07) is 4.78. The van der Waals surface area contributed by atoms with Crippen molar-refractivity contribution < 1.29 is 15.0 Å². The fraction of sp³-hybridized carbons (Fsp3) is 0.667. The van der Waals surface area contributed by atoms with Crippen LogP contribution in [0.3, 0.4) is 0 Å². The largest absolute Gasteiger partial charge is 0.504 e. The van der Waals surface area contributed by atoms with E-state index >= 15 is 0 Å². The zero-order valence-electron chi connectivity index (χ0n) is 16.0. The van der Waals surface area contributed by atoms with Gasteiger partial charge in [0.1, 0.15) is 0 Å². The molecule has 0 bridgehead atoms. The Morgan fingerprint density at radius 2 is 2.00 bits per heavy atom. The fourth-order valence-electron chi connectivity index (χ4n) is 4.24. The Balaban J connectivity index is 1.84. The number of hydrogen-bond donors (Lipinski definition) is 3. The number of carbonyl (C=O) groups excluding carboxylic acids is 1. The van der Waals surface area contributed by atoms with Gasteiger partial charge in [0.15, 0.2) is 11.5 Å². The lowest BCUT2D eigenvalue weighted by atomic mass is 9.63. The Morgan fingerprint density at radius 1 is 1.28 bits per heavy atom. The summed E-state index contributed by atoms with van der Waals surface area (Å²) in [4.78, 5) is 12.4. The monoisotopic (exact) mass is 347 g/mol. The molecule has 0 saturated heterocycles. The second-order valence-corrected chi connectivity index (χ2v) is 8.70. The minimum Gasteiger partial charge on any atom is -0.504 e. The van der Waals surface area contributed by atoms with Gasteiger partial charge in [0, 0.05) is 13.0 Å². The molecule has 0 spiro atoms. The number of hydrogen-bond acceptors (Lipinski definition) is 3. The standard InChI is InChI=1S/C21H33NO3/c1-14(2)17-7-9-21(3,4)13-16(17)12-20(25)22-10-8-15-5-6-18(23)19(24)11-15/h5-6,11,14,16-17,23-24H,7-10,12-13H2,1-4H3,(H,22,25). The Labute approximate surface area is 151 Å². The molecule has 0 radical (unpaired) electrons. The van der Waals surface area contributed by atoms with Crippen LogP contribution in [-0.4, -0.2) is 22.7 Å². The Kier molecular flexibility index (Phi) is 6.36.